The standard InChI is InChI=1S/C16H21N5O2/c1-10(9-22)7-18-15(23)5-4-14-11(2)20-16-13(6-17)8-19-21(16)12(14)3/h8,10,22H,4-5,7,9H2,1-3H3,(H,18,23). The summed E-state index contributed by atoms with van der Waals surface area (Å²) in [4.78, 5) is 16.3. The van der Waals surface area contributed by atoms with Gasteiger partial charge in [-0.1, -0.05) is 6.92 Å². The molecule has 0 radical (unpaired) electrons. The van der Waals surface area contributed by atoms with Crippen molar-refractivity contribution in [2.24, 2.45) is 5.92 Å². The molecule has 1 unspecified atom stereocenters. The Bertz CT molecular complexity index is 760. The highest BCUT2D eigenvalue weighted by Gasteiger charge is 2.14. The van der Waals surface area contributed by atoms with Crippen LogP contribution < -0.4 is 5.32 Å². The van der Waals surface area contributed by atoms with Crippen molar-refractivity contribution in [2.45, 2.75) is 33.6 Å². The quantitative estimate of drug-likeness (QED) is 0.824. The summed E-state index contributed by atoms with van der Waals surface area (Å²) in [5.74, 6) is -0.00343. The highest BCUT2D eigenvalue weighted by atomic mass is 16.3. The van der Waals surface area contributed by atoms with Gasteiger partial charge in [-0.25, -0.2) is 9.50 Å². The molecular formula is C16H21N5O2. The number of aromatic nitrogens is 3. The number of nitrogens with one attached hydrogen (secondary N) is 1. The van der Waals surface area contributed by atoms with Crippen LogP contribution in [0.1, 0.15) is 35.9 Å². The van der Waals surface area contributed by atoms with Crippen molar-refractivity contribution in [2.75, 3.05) is 13.2 Å². The number of hydrogen-bond donors (Lipinski definition) is 2. The third-order valence-electron chi connectivity index (χ3n) is 3.89. The van der Waals surface area contributed by atoms with Gasteiger partial charge in [0.05, 0.1) is 6.20 Å². The van der Waals surface area contributed by atoms with Crippen LogP contribution in [0.15, 0.2) is 6.20 Å². The highest BCUT2D eigenvalue weighted by Crippen LogP contribution is 2.18. The number of aliphatic hydroxyl groups is 1. The molecule has 122 valence electrons. The van der Waals surface area contributed by atoms with Crippen LogP contribution in [0.3, 0.4) is 0 Å². The Labute approximate surface area is 135 Å². The summed E-state index contributed by atoms with van der Waals surface area (Å²) in [6.07, 6.45) is 2.41. The van der Waals surface area contributed by atoms with Crippen LogP contribution in [-0.2, 0) is 11.2 Å². The van der Waals surface area contributed by atoms with E-state index in [9.17, 15) is 4.79 Å². The predicted molar refractivity (Wildman–Crippen MR) is 84.8 cm³/mol. The summed E-state index contributed by atoms with van der Waals surface area (Å²) in [5.41, 5.74) is 3.66. The number of aryl methyl sites for hydroxylation is 2. The predicted octanol–water partition coefficient (Wildman–Crippen LogP) is 0.895. The lowest BCUT2D eigenvalue weighted by Crippen LogP contribution is -2.29. The fourth-order valence-electron chi connectivity index (χ4n) is 2.43. The largest absolute Gasteiger partial charge is 0.396 e. The number of hydrogen-bond acceptors (Lipinski definition) is 5. The molecule has 0 fully saturated rings. The average molecular weight is 315 g/mol. The maximum Gasteiger partial charge on any atom is 0.220 e. The van der Waals surface area contributed by atoms with Crippen LogP contribution in [-0.4, -0.2) is 38.8 Å². The second-order valence-corrected chi connectivity index (χ2v) is 5.76. The molecule has 2 rings (SSSR count). The lowest BCUT2D eigenvalue weighted by molar-refractivity contribution is -0.121. The van der Waals surface area contributed by atoms with Gasteiger partial charge < -0.3 is 10.4 Å². The molecule has 0 aliphatic carbocycles. The fourth-order valence-corrected chi connectivity index (χ4v) is 2.43. The van der Waals surface area contributed by atoms with Crippen molar-refractivity contribution in [1.29, 1.82) is 5.26 Å². The molecule has 0 saturated carbocycles. The van der Waals surface area contributed by atoms with E-state index in [1.807, 2.05) is 20.8 Å². The Morgan fingerprint density at radius 3 is 2.91 bits per heavy atom. The Balaban J connectivity index is 2.12. The molecule has 1 amide bonds. The van der Waals surface area contributed by atoms with Crippen LogP contribution in [0.4, 0.5) is 0 Å². The Hall–Kier alpha value is -2.46. The zero-order chi connectivity index (χ0) is 17.0. The Kier molecular flexibility index (Phi) is 5.29. The van der Waals surface area contributed by atoms with E-state index in [4.69, 9.17) is 10.4 Å². The third-order valence-corrected chi connectivity index (χ3v) is 3.89. The number of rotatable bonds is 6. The summed E-state index contributed by atoms with van der Waals surface area (Å²) in [6, 6.07) is 2.08. The molecule has 0 saturated heterocycles. The van der Waals surface area contributed by atoms with Crippen LogP contribution in [0.5, 0.6) is 0 Å². The summed E-state index contributed by atoms with van der Waals surface area (Å²) >= 11 is 0. The molecule has 23 heavy (non-hydrogen) atoms. The minimum Gasteiger partial charge on any atom is -0.396 e. The Morgan fingerprint density at radius 1 is 1.52 bits per heavy atom. The van der Waals surface area contributed by atoms with Gasteiger partial charge in [-0.05, 0) is 31.7 Å². The van der Waals surface area contributed by atoms with Crippen LogP contribution in [0, 0.1) is 31.1 Å². The van der Waals surface area contributed by atoms with Gasteiger partial charge in [0.15, 0.2) is 5.65 Å². The molecule has 0 aliphatic rings. The molecule has 0 bridgehead atoms. The smallest absolute Gasteiger partial charge is 0.220 e. The monoisotopic (exact) mass is 315 g/mol. The van der Waals surface area contributed by atoms with Gasteiger partial charge >= 0.3 is 0 Å². The van der Waals surface area contributed by atoms with Crippen molar-refractivity contribution in [3.8, 4) is 6.07 Å². The van der Waals surface area contributed by atoms with E-state index < -0.39 is 0 Å². The summed E-state index contributed by atoms with van der Waals surface area (Å²) in [7, 11) is 0. The first-order valence-electron chi connectivity index (χ1n) is 7.59. The van der Waals surface area contributed by atoms with Gasteiger partial charge in [0.25, 0.3) is 0 Å². The van der Waals surface area contributed by atoms with Crippen molar-refractivity contribution in [3.05, 3.63) is 28.7 Å². The van der Waals surface area contributed by atoms with Gasteiger partial charge in [-0.2, -0.15) is 10.4 Å². The number of fused-ring (bicyclic) bond motifs is 1. The van der Waals surface area contributed by atoms with Crippen molar-refractivity contribution in [3.63, 3.8) is 0 Å². The van der Waals surface area contributed by atoms with Crippen molar-refractivity contribution >= 4 is 11.6 Å². The van der Waals surface area contributed by atoms with Gasteiger partial charge in [0, 0.05) is 31.0 Å². The van der Waals surface area contributed by atoms with Crippen molar-refractivity contribution in [1.82, 2.24) is 19.9 Å². The topological polar surface area (TPSA) is 103 Å². The molecule has 2 N–H and O–H groups in total. The number of nitriles is 1. The SMILES string of the molecule is Cc1nc2c(C#N)cnn2c(C)c1CCC(=O)NCC(C)CO. The molecule has 0 aromatic carbocycles. The second-order valence-electron chi connectivity index (χ2n) is 5.76. The summed E-state index contributed by atoms with van der Waals surface area (Å²) < 4.78 is 1.65. The van der Waals surface area contributed by atoms with Gasteiger partial charge in [-0.3, -0.25) is 4.79 Å². The molecule has 0 aliphatic heterocycles. The van der Waals surface area contributed by atoms with Crippen LogP contribution >= 0.6 is 0 Å². The zero-order valence-electron chi connectivity index (χ0n) is 13.6. The van der Waals surface area contributed by atoms with Gasteiger partial charge in [0.2, 0.25) is 5.91 Å². The first-order valence-corrected chi connectivity index (χ1v) is 7.59. The number of carbonyl (C=O) groups excluding carboxylic acids is 1. The Morgan fingerprint density at radius 2 is 2.26 bits per heavy atom. The summed E-state index contributed by atoms with van der Waals surface area (Å²) in [5, 5.41) is 25.0. The highest BCUT2D eigenvalue weighted by molar-refractivity contribution is 5.76. The number of aliphatic hydroxyl groups excluding tert-OH is 1. The van der Waals surface area contributed by atoms with E-state index in [0.717, 1.165) is 17.0 Å². The average Bonchev–Trinajstić information content (AvgIpc) is 2.95. The van der Waals surface area contributed by atoms with E-state index in [0.29, 0.717) is 30.6 Å². The fraction of sp³-hybridized carbons (Fsp3) is 0.500. The number of carbonyl (C=O) groups is 1. The van der Waals surface area contributed by atoms with E-state index in [2.05, 4.69) is 21.5 Å². The number of amides is 1. The number of nitrogens with zero attached hydrogens (tertiary/aromatic N) is 4. The maximum absolute atomic E-state index is 11.9. The lowest BCUT2D eigenvalue weighted by Gasteiger charge is -2.12. The first kappa shape index (κ1) is 16.9. The minimum atomic E-state index is -0.0534. The molecule has 2 aromatic rings. The lowest BCUT2D eigenvalue weighted by atomic mass is 10.1. The molecular weight excluding hydrogens is 294 g/mol. The second kappa shape index (κ2) is 7.20. The van der Waals surface area contributed by atoms with Gasteiger partial charge in [-0.15, -0.1) is 0 Å². The van der Waals surface area contributed by atoms with Crippen LogP contribution in [0.25, 0.3) is 5.65 Å². The summed E-state index contributed by atoms with van der Waals surface area (Å²) in [6.45, 7) is 6.19. The molecule has 2 heterocycles. The van der Waals surface area contributed by atoms with E-state index in [1.54, 1.807) is 4.52 Å². The molecule has 7 nitrogen and oxygen atoms in total. The first-order chi connectivity index (χ1) is 11.0. The molecule has 0 spiro atoms. The molecule has 2 aromatic heterocycles. The van der Waals surface area contributed by atoms with E-state index >= 15 is 0 Å². The molecule has 1 atom stereocenters. The third kappa shape index (κ3) is 3.66. The zero-order valence-corrected chi connectivity index (χ0v) is 13.6. The normalized spacial score (nSPS) is 12.1. The van der Waals surface area contributed by atoms with Crippen molar-refractivity contribution < 1.29 is 9.90 Å². The molecule has 7 heteroatoms. The van der Waals surface area contributed by atoms with E-state index in [1.165, 1.54) is 6.20 Å². The maximum atomic E-state index is 11.9. The minimum absolute atomic E-state index is 0.0499. The van der Waals surface area contributed by atoms with Crippen LogP contribution in [0.2, 0.25) is 0 Å². The van der Waals surface area contributed by atoms with Gasteiger partial charge in [0.1, 0.15) is 11.6 Å². The van der Waals surface area contributed by atoms with E-state index in [-0.39, 0.29) is 18.4 Å².